The first-order valence-corrected chi connectivity index (χ1v) is 6.42. The summed E-state index contributed by atoms with van der Waals surface area (Å²) in [6.07, 6.45) is 2.19. The van der Waals surface area contributed by atoms with E-state index in [2.05, 4.69) is 26.5 Å². The van der Waals surface area contributed by atoms with Crippen molar-refractivity contribution < 1.29 is 0 Å². The summed E-state index contributed by atoms with van der Waals surface area (Å²) in [6.45, 7) is 4.27. The third-order valence-corrected chi connectivity index (χ3v) is 3.45. The van der Waals surface area contributed by atoms with Crippen molar-refractivity contribution in [3.63, 3.8) is 0 Å². The number of hydrogen-bond acceptors (Lipinski definition) is 5. The highest BCUT2D eigenvalue weighted by Gasteiger charge is 2.19. The van der Waals surface area contributed by atoms with E-state index < -0.39 is 0 Å². The predicted octanol–water partition coefficient (Wildman–Crippen LogP) is 1.84. The molecule has 5 nitrogen and oxygen atoms in total. The molecule has 0 radical (unpaired) electrons. The Kier molecular flexibility index (Phi) is 4.34. The van der Waals surface area contributed by atoms with Gasteiger partial charge in [0, 0.05) is 12.6 Å². The lowest BCUT2D eigenvalue weighted by molar-refractivity contribution is 0.239. The standard InChI is InChI=1S/C12H16ClN5/c1-9-7-11(16-17-12(9)13)15-10-3-2-5-18(8-10)6-4-14/h7,10H,2-3,5-6,8H2,1H3,(H,15,16)/t10-/m1/s1. The zero-order valence-electron chi connectivity index (χ0n) is 10.4. The fourth-order valence-corrected chi connectivity index (χ4v) is 2.26. The van der Waals surface area contributed by atoms with E-state index in [4.69, 9.17) is 16.9 Å². The predicted molar refractivity (Wildman–Crippen MR) is 70.5 cm³/mol. The Bertz CT molecular complexity index is 456. The Hall–Kier alpha value is -1.38. The molecular formula is C12H16ClN5. The molecule has 1 N–H and O–H groups in total. The summed E-state index contributed by atoms with van der Waals surface area (Å²) in [5, 5.41) is 20.4. The molecule has 96 valence electrons. The fraction of sp³-hybridized carbons (Fsp3) is 0.583. The number of rotatable bonds is 3. The average Bonchev–Trinajstić information content (AvgIpc) is 2.35. The Balaban J connectivity index is 1.96. The van der Waals surface area contributed by atoms with E-state index >= 15 is 0 Å². The van der Waals surface area contributed by atoms with E-state index in [1.165, 1.54) is 0 Å². The Morgan fingerprint density at radius 1 is 1.61 bits per heavy atom. The second kappa shape index (κ2) is 5.98. The zero-order valence-corrected chi connectivity index (χ0v) is 11.1. The minimum Gasteiger partial charge on any atom is -0.365 e. The highest BCUT2D eigenvalue weighted by molar-refractivity contribution is 6.30. The van der Waals surface area contributed by atoms with Crippen LogP contribution in [-0.2, 0) is 0 Å². The van der Waals surface area contributed by atoms with Crippen LogP contribution in [0, 0.1) is 18.3 Å². The second-order valence-corrected chi connectivity index (χ2v) is 4.94. The molecule has 0 bridgehead atoms. The minimum absolute atomic E-state index is 0.321. The summed E-state index contributed by atoms with van der Waals surface area (Å²) in [6, 6.07) is 4.41. The van der Waals surface area contributed by atoms with Crippen LogP contribution in [0.3, 0.4) is 0 Å². The van der Waals surface area contributed by atoms with Crippen LogP contribution in [0.4, 0.5) is 5.82 Å². The number of piperidine rings is 1. The lowest BCUT2D eigenvalue weighted by Crippen LogP contribution is -2.42. The maximum absolute atomic E-state index is 8.71. The number of nitriles is 1. The highest BCUT2D eigenvalue weighted by Crippen LogP contribution is 2.17. The van der Waals surface area contributed by atoms with Gasteiger partial charge in [-0.2, -0.15) is 5.26 Å². The van der Waals surface area contributed by atoms with Gasteiger partial charge in [0.2, 0.25) is 0 Å². The van der Waals surface area contributed by atoms with Crippen LogP contribution >= 0.6 is 11.6 Å². The number of aromatic nitrogens is 2. The van der Waals surface area contributed by atoms with Crippen molar-refractivity contribution in [2.24, 2.45) is 0 Å². The number of nitrogens with zero attached hydrogens (tertiary/aromatic N) is 4. The van der Waals surface area contributed by atoms with Gasteiger partial charge in [0.05, 0.1) is 12.6 Å². The van der Waals surface area contributed by atoms with E-state index in [1.54, 1.807) is 0 Å². The monoisotopic (exact) mass is 265 g/mol. The van der Waals surface area contributed by atoms with Gasteiger partial charge in [-0.15, -0.1) is 10.2 Å². The molecule has 1 aliphatic rings. The van der Waals surface area contributed by atoms with Gasteiger partial charge in [-0.25, -0.2) is 0 Å². The number of nitrogens with one attached hydrogen (secondary N) is 1. The molecule has 0 aromatic carbocycles. The van der Waals surface area contributed by atoms with E-state index in [0.717, 1.165) is 37.3 Å². The van der Waals surface area contributed by atoms with Crippen LogP contribution in [0.5, 0.6) is 0 Å². The zero-order chi connectivity index (χ0) is 13.0. The largest absolute Gasteiger partial charge is 0.365 e. The maximum Gasteiger partial charge on any atom is 0.154 e. The molecule has 0 saturated carbocycles. The first-order chi connectivity index (χ1) is 8.69. The molecule has 6 heteroatoms. The number of halogens is 1. The third kappa shape index (κ3) is 3.31. The summed E-state index contributed by atoms with van der Waals surface area (Å²) < 4.78 is 0. The molecule has 1 aromatic rings. The molecule has 1 saturated heterocycles. The van der Waals surface area contributed by atoms with Crippen molar-refractivity contribution in [3.8, 4) is 6.07 Å². The SMILES string of the molecule is Cc1cc(N[C@@H]2CCCN(CC#N)C2)nnc1Cl. The van der Waals surface area contributed by atoms with E-state index in [9.17, 15) is 0 Å². The van der Waals surface area contributed by atoms with Crippen molar-refractivity contribution >= 4 is 17.4 Å². The summed E-state index contributed by atoms with van der Waals surface area (Å²) in [5.41, 5.74) is 0.916. The van der Waals surface area contributed by atoms with Gasteiger partial charge in [-0.3, -0.25) is 4.90 Å². The summed E-state index contributed by atoms with van der Waals surface area (Å²) >= 11 is 5.84. The molecule has 0 aliphatic carbocycles. The van der Waals surface area contributed by atoms with Crippen molar-refractivity contribution in [3.05, 3.63) is 16.8 Å². The van der Waals surface area contributed by atoms with Crippen LogP contribution in [0.25, 0.3) is 0 Å². The molecule has 1 fully saturated rings. The summed E-state index contributed by atoms with van der Waals surface area (Å²) in [4.78, 5) is 2.15. The quantitative estimate of drug-likeness (QED) is 0.845. The number of anilines is 1. The average molecular weight is 266 g/mol. The molecule has 0 spiro atoms. The van der Waals surface area contributed by atoms with Crippen LogP contribution in [0.2, 0.25) is 5.15 Å². The van der Waals surface area contributed by atoms with Gasteiger partial charge in [-0.1, -0.05) is 11.6 Å². The topological polar surface area (TPSA) is 64.8 Å². The van der Waals surface area contributed by atoms with E-state index in [1.807, 2.05) is 13.0 Å². The molecular weight excluding hydrogens is 250 g/mol. The van der Waals surface area contributed by atoms with Crippen LogP contribution in [0.1, 0.15) is 18.4 Å². The number of likely N-dealkylation sites (tertiary alicyclic amines) is 1. The molecule has 1 aliphatic heterocycles. The van der Waals surface area contributed by atoms with Gasteiger partial charge in [0.25, 0.3) is 0 Å². The number of aryl methyl sites for hydroxylation is 1. The summed E-state index contributed by atoms with van der Waals surface area (Å²) in [7, 11) is 0. The van der Waals surface area contributed by atoms with Gasteiger partial charge in [0.1, 0.15) is 5.82 Å². The maximum atomic E-state index is 8.71. The first-order valence-electron chi connectivity index (χ1n) is 6.04. The van der Waals surface area contributed by atoms with E-state index in [-0.39, 0.29) is 0 Å². The van der Waals surface area contributed by atoms with Crippen molar-refractivity contribution in [1.29, 1.82) is 5.26 Å². The van der Waals surface area contributed by atoms with Gasteiger partial charge >= 0.3 is 0 Å². The summed E-state index contributed by atoms with van der Waals surface area (Å²) in [5.74, 6) is 0.751. The van der Waals surface area contributed by atoms with E-state index in [0.29, 0.717) is 17.7 Å². The van der Waals surface area contributed by atoms with Crippen LogP contribution in [0.15, 0.2) is 6.07 Å². The Morgan fingerprint density at radius 2 is 2.44 bits per heavy atom. The molecule has 18 heavy (non-hydrogen) atoms. The third-order valence-electron chi connectivity index (χ3n) is 3.08. The lowest BCUT2D eigenvalue weighted by atomic mass is 10.1. The molecule has 2 heterocycles. The normalized spacial score (nSPS) is 20.4. The first kappa shape index (κ1) is 13.1. The lowest BCUT2D eigenvalue weighted by Gasteiger charge is -2.31. The highest BCUT2D eigenvalue weighted by atomic mass is 35.5. The molecule has 2 rings (SSSR count). The molecule has 0 amide bonds. The second-order valence-electron chi connectivity index (χ2n) is 4.58. The Labute approximate surface area is 112 Å². The molecule has 1 atom stereocenters. The Morgan fingerprint density at radius 3 is 3.17 bits per heavy atom. The van der Waals surface area contributed by atoms with Gasteiger partial charge in [0.15, 0.2) is 5.15 Å². The van der Waals surface area contributed by atoms with Gasteiger partial charge < -0.3 is 5.32 Å². The fourth-order valence-electron chi connectivity index (χ4n) is 2.17. The number of hydrogen-bond donors (Lipinski definition) is 1. The van der Waals surface area contributed by atoms with Gasteiger partial charge in [-0.05, 0) is 37.9 Å². The molecule has 1 aromatic heterocycles. The van der Waals surface area contributed by atoms with Crippen molar-refractivity contribution in [2.75, 3.05) is 25.0 Å². The molecule has 0 unspecified atom stereocenters. The smallest absolute Gasteiger partial charge is 0.154 e. The van der Waals surface area contributed by atoms with Crippen molar-refractivity contribution in [1.82, 2.24) is 15.1 Å². The van der Waals surface area contributed by atoms with Crippen LogP contribution in [-0.4, -0.2) is 40.8 Å². The van der Waals surface area contributed by atoms with Crippen LogP contribution < -0.4 is 5.32 Å². The van der Waals surface area contributed by atoms with Crippen molar-refractivity contribution in [2.45, 2.75) is 25.8 Å². The minimum atomic E-state index is 0.321.